The molecule has 0 unspecified atom stereocenters. The van der Waals surface area contributed by atoms with Gasteiger partial charge in [0.15, 0.2) is 16.3 Å². The lowest BCUT2D eigenvalue weighted by Crippen LogP contribution is -2.37. The van der Waals surface area contributed by atoms with Crippen LogP contribution >= 0.6 is 11.8 Å². The maximum atomic E-state index is 12.6. The summed E-state index contributed by atoms with van der Waals surface area (Å²) in [5.41, 5.74) is -0.380. The van der Waals surface area contributed by atoms with Gasteiger partial charge in [0, 0.05) is 26.9 Å². The number of aryl methyl sites for hydroxylation is 2. The molecule has 0 fully saturated rings. The molecule has 3 aromatic rings. The smallest absolute Gasteiger partial charge is 0.308 e. The maximum absolute atomic E-state index is 12.6. The van der Waals surface area contributed by atoms with E-state index in [0.717, 1.165) is 16.7 Å². The van der Waals surface area contributed by atoms with Gasteiger partial charge in [-0.3, -0.25) is 13.9 Å². The Balaban J connectivity index is 1.92. The summed E-state index contributed by atoms with van der Waals surface area (Å²) in [4.78, 5) is 28.6. The first kappa shape index (κ1) is 18.3. The molecule has 0 spiro atoms. The molecule has 0 amide bonds. The second kappa shape index (κ2) is 6.35. The van der Waals surface area contributed by atoms with Gasteiger partial charge in [0.2, 0.25) is 0 Å². The van der Waals surface area contributed by atoms with Crippen molar-refractivity contribution in [2.24, 2.45) is 21.1 Å². The number of benzene rings is 1. The van der Waals surface area contributed by atoms with Crippen LogP contribution in [0.15, 0.2) is 39.0 Å². The molecule has 2 heterocycles. The van der Waals surface area contributed by atoms with Crippen LogP contribution in [0.5, 0.6) is 0 Å². The second-order valence-electron chi connectivity index (χ2n) is 5.81. The van der Waals surface area contributed by atoms with Gasteiger partial charge in [0.25, 0.3) is 5.56 Å². The van der Waals surface area contributed by atoms with Gasteiger partial charge < -0.3 is 4.57 Å². The number of hydrogen-bond acceptors (Lipinski definition) is 4. The highest BCUT2D eigenvalue weighted by Crippen LogP contribution is 2.30. The molecule has 10 heteroatoms. The van der Waals surface area contributed by atoms with Crippen molar-refractivity contribution in [1.29, 1.82) is 0 Å². The fourth-order valence-corrected chi connectivity index (χ4v) is 3.55. The standard InChI is InChI=1S/C16H15F3N4O2S/c1-21-12-11(13(24)23(3)15(25)22(12)2)20-14(21)26-8-9-4-6-10(7-5-9)16(17,18)19/h4-7H,8H2,1-3H3. The number of thioether (sulfide) groups is 1. The third-order valence-electron chi connectivity index (χ3n) is 4.07. The highest BCUT2D eigenvalue weighted by atomic mass is 32.2. The Labute approximate surface area is 149 Å². The highest BCUT2D eigenvalue weighted by Gasteiger charge is 2.29. The van der Waals surface area contributed by atoms with Crippen LogP contribution in [-0.2, 0) is 33.1 Å². The number of halogens is 3. The van der Waals surface area contributed by atoms with E-state index >= 15 is 0 Å². The van der Waals surface area contributed by atoms with E-state index in [2.05, 4.69) is 4.98 Å². The molecule has 1 aromatic carbocycles. The molecule has 0 aliphatic rings. The summed E-state index contributed by atoms with van der Waals surface area (Å²) in [6.07, 6.45) is -4.37. The van der Waals surface area contributed by atoms with Crippen LogP contribution in [0, 0.1) is 0 Å². The zero-order valence-electron chi connectivity index (χ0n) is 14.2. The molecule has 0 bridgehead atoms. The normalized spacial score (nSPS) is 12.1. The molecule has 6 nitrogen and oxygen atoms in total. The third-order valence-corrected chi connectivity index (χ3v) is 5.17. The largest absolute Gasteiger partial charge is 0.416 e. The van der Waals surface area contributed by atoms with E-state index in [4.69, 9.17) is 0 Å². The lowest BCUT2D eigenvalue weighted by atomic mass is 10.1. The van der Waals surface area contributed by atoms with Crippen molar-refractivity contribution in [1.82, 2.24) is 18.7 Å². The summed E-state index contributed by atoms with van der Waals surface area (Å²) >= 11 is 1.28. The first-order valence-corrected chi connectivity index (χ1v) is 8.51. The molecule has 0 aliphatic carbocycles. The molecule has 0 atom stereocenters. The van der Waals surface area contributed by atoms with E-state index < -0.39 is 23.0 Å². The van der Waals surface area contributed by atoms with E-state index in [1.165, 1.54) is 35.5 Å². The summed E-state index contributed by atoms with van der Waals surface area (Å²) < 4.78 is 41.8. The Kier molecular flexibility index (Phi) is 4.47. The van der Waals surface area contributed by atoms with Crippen molar-refractivity contribution in [2.75, 3.05) is 0 Å². The molecule has 3 rings (SSSR count). The molecule has 2 aromatic heterocycles. The minimum Gasteiger partial charge on any atom is -0.308 e. The summed E-state index contributed by atoms with van der Waals surface area (Å²) in [5.74, 6) is 0.379. The van der Waals surface area contributed by atoms with Gasteiger partial charge >= 0.3 is 11.9 Å². The van der Waals surface area contributed by atoms with Crippen LogP contribution in [0.4, 0.5) is 13.2 Å². The van der Waals surface area contributed by atoms with Crippen LogP contribution in [0.3, 0.4) is 0 Å². The summed E-state index contributed by atoms with van der Waals surface area (Å²) in [5, 5.41) is 0.498. The van der Waals surface area contributed by atoms with E-state index in [0.29, 0.717) is 22.1 Å². The number of nitrogens with zero attached hydrogens (tertiary/aromatic N) is 4. The monoisotopic (exact) mass is 384 g/mol. The Bertz CT molecular complexity index is 1090. The second-order valence-corrected chi connectivity index (χ2v) is 6.76. The van der Waals surface area contributed by atoms with Gasteiger partial charge in [-0.1, -0.05) is 23.9 Å². The van der Waals surface area contributed by atoms with Gasteiger partial charge in [-0.25, -0.2) is 9.78 Å². The van der Waals surface area contributed by atoms with Crippen molar-refractivity contribution >= 4 is 22.9 Å². The van der Waals surface area contributed by atoms with Crippen molar-refractivity contribution < 1.29 is 13.2 Å². The fraction of sp³-hybridized carbons (Fsp3) is 0.312. The Morgan fingerprint density at radius 2 is 1.62 bits per heavy atom. The van der Waals surface area contributed by atoms with Gasteiger partial charge in [-0.15, -0.1) is 0 Å². The van der Waals surface area contributed by atoms with Gasteiger partial charge in [-0.05, 0) is 17.7 Å². The minimum absolute atomic E-state index is 0.173. The van der Waals surface area contributed by atoms with E-state index in [1.54, 1.807) is 18.7 Å². The quantitative estimate of drug-likeness (QED) is 0.650. The fourth-order valence-electron chi connectivity index (χ4n) is 2.63. The molecule has 0 N–H and O–H groups in total. The van der Waals surface area contributed by atoms with Gasteiger partial charge in [-0.2, -0.15) is 13.2 Å². The molecule has 0 aliphatic heterocycles. The van der Waals surface area contributed by atoms with E-state index in [1.807, 2.05) is 0 Å². The lowest BCUT2D eigenvalue weighted by Gasteiger charge is -2.08. The number of fused-ring (bicyclic) bond motifs is 1. The zero-order chi connectivity index (χ0) is 19.2. The minimum atomic E-state index is -4.37. The average Bonchev–Trinajstić information content (AvgIpc) is 2.92. The van der Waals surface area contributed by atoms with Crippen LogP contribution < -0.4 is 11.2 Å². The van der Waals surface area contributed by atoms with Crippen LogP contribution in [0.2, 0.25) is 0 Å². The lowest BCUT2D eigenvalue weighted by molar-refractivity contribution is -0.137. The Morgan fingerprint density at radius 3 is 2.19 bits per heavy atom. The van der Waals surface area contributed by atoms with Crippen LogP contribution in [0.1, 0.15) is 11.1 Å². The number of rotatable bonds is 3. The summed E-state index contributed by atoms with van der Waals surface area (Å²) in [7, 11) is 4.62. The predicted molar refractivity (Wildman–Crippen MR) is 92.2 cm³/mol. The number of alkyl halides is 3. The van der Waals surface area contributed by atoms with Crippen LogP contribution in [-0.4, -0.2) is 18.7 Å². The van der Waals surface area contributed by atoms with Crippen molar-refractivity contribution in [3.8, 4) is 0 Å². The first-order chi connectivity index (χ1) is 12.1. The number of imidazole rings is 1. The Morgan fingerprint density at radius 1 is 1.00 bits per heavy atom. The molecule has 0 saturated heterocycles. The molecule has 0 radical (unpaired) electrons. The third kappa shape index (κ3) is 3.05. The van der Waals surface area contributed by atoms with Crippen molar-refractivity contribution in [2.45, 2.75) is 17.1 Å². The Hall–Kier alpha value is -2.49. The number of aromatic nitrogens is 4. The molecular formula is C16H15F3N4O2S. The van der Waals surface area contributed by atoms with Crippen LogP contribution in [0.25, 0.3) is 11.2 Å². The number of hydrogen-bond donors (Lipinski definition) is 0. The zero-order valence-corrected chi connectivity index (χ0v) is 15.0. The van der Waals surface area contributed by atoms with E-state index in [-0.39, 0.29) is 5.52 Å². The van der Waals surface area contributed by atoms with Gasteiger partial charge in [0.1, 0.15) is 0 Å². The molecule has 0 saturated carbocycles. The van der Waals surface area contributed by atoms with Crippen molar-refractivity contribution in [3.63, 3.8) is 0 Å². The molecular weight excluding hydrogens is 369 g/mol. The average molecular weight is 384 g/mol. The predicted octanol–water partition coefficient (Wildman–Crippen LogP) is 2.28. The molecule has 138 valence electrons. The van der Waals surface area contributed by atoms with Crippen molar-refractivity contribution in [3.05, 3.63) is 56.2 Å². The summed E-state index contributed by atoms with van der Waals surface area (Å²) in [6, 6.07) is 4.88. The maximum Gasteiger partial charge on any atom is 0.416 e. The van der Waals surface area contributed by atoms with Gasteiger partial charge in [0.05, 0.1) is 5.56 Å². The SMILES string of the molecule is Cn1c(=O)c2nc(SCc3ccc(C(F)(F)F)cc3)n(C)c2n(C)c1=O. The molecule has 26 heavy (non-hydrogen) atoms. The summed E-state index contributed by atoms with van der Waals surface area (Å²) in [6.45, 7) is 0. The highest BCUT2D eigenvalue weighted by molar-refractivity contribution is 7.98. The first-order valence-electron chi connectivity index (χ1n) is 7.52. The van der Waals surface area contributed by atoms with E-state index in [9.17, 15) is 22.8 Å². The topological polar surface area (TPSA) is 61.8 Å².